The summed E-state index contributed by atoms with van der Waals surface area (Å²) in [5.41, 5.74) is 2.30. The van der Waals surface area contributed by atoms with E-state index in [2.05, 4.69) is 11.1 Å². The highest BCUT2D eigenvalue weighted by Crippen LogP contribution is 2.19. The zero-order valence-corrected chi connectivity index (χ0v) is 11.9. The van der Waals surface area contributed by atoms with Crippen LogP contribution in [0.3, 0.4) is 0 Å². The highest BCUT2D eigenvalue weighted by atomic mass is 16.2. The Morgan fingerprint density at radius 1 is 1.19 bits per heavy atom. The van der Waals surface area contributed by atoms with Crippen molar-refractivity contribution in [3.8, 4) is 0 Å². The van der Waals surface area contributed by atoms with Gasteiger partial charge in [0.25, 0.3) is 0 Å². The molecule has 1 fully saturated rings. The van der Waals surface area contributed by atoms with Gasteiger partial charge in [0.05, 0.1) is 0 Å². The van der Waals surface area contributed by atoms with Crippen LogP contribution in [0.15, 0.2) is 30.5 Å². The molecule has 0 saturated carbocycles. The van der Waals surface area contributed by atoms with Crippen molar-refractivity contribution in [2.24, 2.45) is 0 Å². The number of benzene rings is 1. The Bertz CT molecular complexity index is 642. The molecule has 2 aromatic rings. The molecule has 0 aliphatic carbocycles. The lowest BCUT2D eigenvalue weighted by atomic mass is 10.1. The number of amides is 2. The van der Waals surface area contributed by atoms with E-state index < -0.39 is 0 Å². The molecular weight excluding hydrogens is 266 g/mol. The van der Waals surface area contributed by atoms with E-state index >= 15 is 0 Å². The minimum absolute atomic E-state index is 0.172. The number of nitrogens with zero attached hydrogens (tertiary/aromatic N) is 2. The molecule has 21 heavy (non-hydrogen) atoms. The fourth-order valence-electron chi connectivity index (χ4n) is 2.81. The monoisotopic (exact) mass is 285 g/mol. The van der Waals surface area contributed by atoms with Crippen molar-refractivity contribution in [3.05, 3.63) is 36.0 Å². The lowest BCUT2D eigenvalue weighted by Crippen LogP contribution is -2.48. The van der Waals surface area contributed by atoms with Gasteiger partial charge in [0, 0.05) is 49.7 Å². The van der Waals surface area contributed by atoms with Crippen molar-refractivity contribution in [1.82, 2.24) is 14.8 Å². The van der Waals surface area contributed by atoms with Crippen LogP contribution in [0.2, 0.25) is 0 Å². The third-order valence-electron chi connectivity index (χ3n) is 4.10. The molecule has 2 amide bonds. The number of hydrogen-bond acceptors (Lipinski definition) is 2. The van der Waals surface area contributed by atoms with Gasteiger partial charge < -0.3 is 14.8 Å². The number of aromatic nitrogens is 1. The van der Waals surface area contributed by atoms with Gasteiger partial charge in [0.15, 0.2) is 0 Å². The van der Waals surface area contributed by atoms with E-state index in [0.29, 0.717) is 32.6 Å². The smallest absolute Gasteiger partial charge is 0.223 e. The molecule has 1 aliphatic rings. The molecule has 2 heterocycles. The number of para-hydroxylation sites is 1. The van der Waals surface area contributed by atoms with Crippen molar-refractivity contribution in [2.75, 3.05) is 26.2 Å². The Balaban J connectivity index is 1.58. The normalized spacial score (nSPS) is 15.4. The van der Waals surface area contributed by atoms with Gasteiger partial charge in [0.1, 0.15) is 0 Å². The summed E-state index contributed by atoms with van der Waals surface area (Å²) in [5, 5.41) is 1.19. The predicted octanol–water partition coefficient (Wildman–Crippen LogP) is 1.40. The molecule has 1 aromatic carbocycles. The minimum atomic E-state index is 0.172. The summed E-state index contributed by atoms with van der Waals surface area (Å²) in [6, 6.07) is 8.13. The molecule has 5 nitrogen and oxygen atoms in total. The first kappa shape index (κ1) is 13.7. The molecule has 1 N–H and O–H groups in total. The summed E-state index contributed by atoms with van der Waals surface area (Å²) in [6.45, 7) is 2.57. The van der Waals surface area contributed by atoms with Crippen molar-refractivity contribution < 1.29 is 9.59 Å². The van der Waals surface area contributed by atoms with Crippen LogP contribution in [0.1, 0.15) is 12.0 Å². The van der Waals surface area contributed by atoms with Gasteiger partial charge in [-0.2, -0.15) is 0 Å². The Hall–Kier alpha value is -2.30. The fraction of sp³-hybridized carbons (Fsp3) is 0.375. The lowest BCUT2D eigenvalue weighted by Gasteiger charge is -2.32. The first-order valence-corrected chi connectivity index (χ1v) is 7.30. The zero-order chi connectivity index (χ0) is 14.7. The number of H-pyrrole nitrogens is 1. The molecule has 0 bridgehead atoms. The first-order chi connectivity index (χ1) is 10.3. The third kappa shape index (κ3) is 2.91. The maximum absolute atomic E-state index is 12.2. The minimum Gasteiger partial charge on any atom is -0.361 e. The summed E-state index contributed by atoms with van der Waals surface area (Å²) in [7, 11) is 0. The molecule has 1 aliphatic heterocycles. The maximum atomic E-state index is 12.2. The zero-order valence-electron chi connectivity index (χ0n) is 11.9. The second kappa shape index (κ2) is 5.99. The number of hydrogen-bond donors (Lipinski definition) is 1. The molecule has 0 radical (unpaired) electrons. The molecule has 1 aromatic heterocycles. The van der Waals surface area contributed by atoms with Crippen LogP contribution in [0.4, 0.5) is 0 Å². The molecule has 3 rings (SSSR count). The van der Waals surface area contributed by atoms with Gasteiger partial charge in [-0.1, -0.05) is 18.2 Å². The second-order valence-electron chi connectivity index (χ2n) is 5.38. The number of aromatic amines is 1. The average Bonchev–Trinajstić information content (AvgIpc) is 2.96. The number of aryl methyl sites for hydroxylation is 1. The van der Waals surface area contributed by atoms with Crippen LogP contribution in [0, 0.1) is 0 Å². The van der Waals surface area contributed by atoms with Crippen LogP contribution < -0.4 is 0 Å². The lowest BCUT2D eigenvalue weighted by molar-refractivity contribution is -0.135. The summed E-state index contributed by atoms with van der Waals surface area (Å²) in [5.74, 6) is 0.172. The quantitative estimate of drug-likeness (QED) is 0.863. The number of carbonyl (C=O) groups excluding carboxylic acids is 2. The van der Waals surface area contributed by atoms with E-state index in [1.54, 1.807) is 4.90 Å². The van der Waals surface area contributed by atoms with Crippen molar-refractivity contribution in [2.45, 2.75) is 12.8 Å². The summed E-state index contributed by atoms with van der Waals surface area (Å²) >= 11 is 0. The molecule has 0 atom stereocenters. The van der Waals surface area contributed by atoms with Crippen LogP contribution >= 0.6 is 0 Å². The number of carbonyl (C=O) groups is 2. The highest BCUT2D eigenvalue weighted by Gasteiger charge is 2.20. The SMILES string of the molecule is O=CN1CCN(C(=O)CCc2c[nH]c3ccccc23)CC1. The van der Waals surface area contributed by atoms with Gasteiger partial charge in [0.2, 0.25) is 12.3 Å². The third-order valence-corrected chi connectivity index (χ3v) is 4.10. The van der Waals surface area contributed by atoms with E-state index in [1.807, 2.05) is 29.3 Å². The molecule has 110 valence electrons. The average molecular weight is 285 g/mol. The first-order valence-electron chi connectivity index (χ1n) is 7.30. The molecule has 0 spiro atoms. The number of rotatable bonds is 4. The Morgan fingerprint density at radius 3 is 2.71 bits per heavy atom. The van der Waals surface area contributed by atoms with Crippen LogP contribution in [-0.2, 0) is 16.0 Å². The largest absolute Gasteiger partial charge is 0.361 e. The molecule has 5 heteroatoms. The van der Waals surface area contributed by atoms with E-state index in [-0.39, 0.29) is 5.91 Å². The van der Waals surface area contributed by atoms with Gasteiger partial charge in [-0.3, -0.25) is 9.59 Å². The topological polar surface area (TPSA) is 56.4 Å². The number of piperazine rings is 1. The van der Waals surface area contributed by atoms with E-state index in [0.717, 1.165) is 18.3 Å². The van der Waals surface area contributed by atoms with Gasteiger partial charge in [-0.15, -0.1) is 0 Å². The van der Waals surface area contributed by atoms with Crippen LogP contribution in [0.5, 0.6) is 0 Å². The Kier molecular flexibility index (Phi) is 3.90. The maximum Gasteiger partial charge on any atom is 0.223 e. The summed E-state index contributed by atoms with van der Waals surface area (Å²) < 4.78 is 0. The summed E-state index contributed by atoms with van der Waals surface area (Å²) in [4.78, 5) is 29.7. The van der Waals surface area contributed by atoms with Gasteiger partial charge in [-0.25, -0.2) is 0 Å². The van der Waals surface area contributed by atoms with Gasteiger partial charge >= 0.3 is 0 Å². The van der Waals surface area contributed by atoms with Crippen LogP contribution in [-0.4, -0.2) is 53.3 Å². The van der Waals surface area contributed by atoms with Crippen molar-refractivity contribution >= 4 is 23.2 Å². The van der Waals surface area contributed by atoms with E-state index in [1.165, 1.54) is 10.9 Å². The summed E-state index contributed by atoms with van der Waals surface area (Å²) in [6.07, 6.45) is 4.11. The number of nitrogens with one attached hydrogen (secondary N) is 1. The standard InChI is InChI=1S/C16H19N3O2/c20-12-18-7-9-19(10-8-18)16(21)6-5-13-11-17-15-4-2-1-3-14(13)15/h1-4,11-12,17H,5-10H2. The van der Waals surface area contributed by atoms with Crippen molar-refractivity contribution in [1.29, 1.82) is 0 Å². The molecule has 1 saturated heterocycles. The highest BCUT2D eigenvalue weighted by molar-refractivity contribution is 5.84. The van der Waals surface area contributed by atoms with E-state index in [9.17, 15) is 9.59 Å². The predicted molar refractivity (Wildman–Crippen MR) is 80.8 cm³/mol. The van der Waals surface area contributed by atoms with E-state index in [4.69, 9.17) is 0 Å². The Labute approximate surface area is 123 Å². The Morgan fingerprint density at radius 2 is 1.95 bits per heavy atom. The van der Waals surface area contributed by atoms with Crippen molar-refractivity contribution in [3.63, 3.8) is 0 Å². The molecular formula is C16H19N3O2. The van der Waals surface area contributed by atoms with Gasteiger partial charge in [-0.05, 0) is 18.1 Å². The second-order valence-corrected chi connectivity index (χ2v) is 5.38. The number of fused-ring (bicyclic) bond motifs is 1. The fourth-order valence-corrected chi connectivity index (χ4v) is 2.81. The van der Waals surface area contributed by atoms with Crippen LogP contribution in [0.25, 0.3) is 10.9 Å². The molecule has 0 unspecified atom stereocenters.